The predicted octanol–water partition coefficient (Wildman–Crippen LogP) is 2.34. The molecule has 0 aliphatic rings. The summed E-state index contributed by atoms with van der Waals surface area (Å²) in [5, 5.41) is 12.3. The van der Waals surface area contributed by atoms with Crippen LogP contribution in [-0.2, 0) is 0 Å². The Morgan fingerprint density at radius 3 is 2.78 bits per heavy atom. The molecule has 1 rings (SSSR count). The summed E-state index contributed by atoms with van der Waals surface area (Å²) in [6, 6.07) is 4.77. The Morgan fingerprint density at radius 1 is 1.44 bits per heavy atom. The van der Waals surface area contributed by atoms with Gasteiger partial charge < -0.3 is 16.2 Å². The van der Waals surface area contributed by atoms with Gasteiger partial charge in [-0.2, -0.15) is 0 Å². The first-order valence-electron chi connectivity index (χ1n) is 5.55. The molecule has 4 nitrogen and oxygen atoms in total. The summed E-state index contributed by atoms with van der Waals surface area (Å²) in [4.78, 5) is 12.2. The molecule has 0 spiro atoms. The number of carbonyl (C=O) groups excluding carboxylic acids is 1. The number of phenols is 1. The number of halogens is 1. The quantitative estimate of drug-likeness (QED) is 0.552. The van der Waals surface area contributed by atoms with Gasteiger partial charge in [0.05, 0.1) is 10.6 Å². The van der Waals surface area contributed by atoms with Crippen LogP contribution in [0, 0.1) is 0 Å². The highest BCUT2D eigenvalue weighted by molar-refractivity contribution is 9.10. The Balaban J connectivity index is 2.39. The molecular weight excluding hydrogens is 316 g/mol. The molecule has 4 N–H and O–H groups in total. The van der Waals surface area contributed by atoms with Gasteiger partial charge in [-0.15, -0.1) is 0 Å². The van der Waals surface area contributed by atoms with Crippen LogP contribution in [0.2, 0.25) is 0 Å². The summed E-state index contributed by atoms with van der Waals surface area (Å²) in [6.07, 6.45) is 2.34. The van der Waals surface area contributed by atoms with Gasteiger partial charge in [-0.05, 0) is 37.5 Å². The third kappa shape index (κ3) is 5.01. The number of hydrogen-bond acceptors (Lipinski definition) is 3. The van der Waals surface area contributed by atoms with Crippen molar-refractivity contribution in [1.29, 1.82) is 0 Å². The molecule has 1 aromatic carbocycles. The SMILES string of the molecule is NC(=S)CCCCNC(=O)c1ccc(Br)cc1O. The molecule has 0 atom stereocenters. The van der Waals surface area contributed by atoms with E-state index in [9.17, 15) is 9.90 Å². The predicted molar refractivity (Wildman–Crippen MR) is 78.8 cm³/mol. The van der Waals surface area contributed by atoms with Crippen molar-refractivity contribution in [3.8, 4) is 5.75 Å². The normalized spacial score (nSPS) is 10.1. The fraction of sp³-hybridized carbons (Fsp3) is 0.333. The minimum Gasteiger partial charge on any atom is -0.507 e. The van der Waals surface area contributed by atoms with Crippen molar-refractivity contribution >= 4 is 39.0 Å². The van der Waals surface area contributed by atoms with Crippen LogP contribution < -0.4 is 11.1 Å². The van der Waals surface area contributed by atoms with Gasteiger partial charge >= 0.3 is 0 Å². The van der Waals surface area contributed by atoms with Crippen molar-refractivity contribution in [1.82, 2.24) is 5.32 Å². The minimum absolute atomic E-state index is 0.0370. The van der Waals surface area contributed by atoms with E-state index in [1.807, 2.05) is 0 Å². The van der Waals surface area contributed by atoms with Crippen molar-refractivity contribution in [3.63, 3.8) is 0 Å². The van der Waals surface area contributed by atoms with Crippen LogP contribution in [0.3, 0.4) is 0 Å². The number of benzene rings is 1. The number of nitrogens with one attached hydrogen (secondary N) is 1. The van der Waals surface area contributed by atoms with Gasteiger partial charge in [0.25, 0.3) is 5.91 Å². The first kappa shape index (κ1) is 14.9. The second-order valence-corrected chi connectivity index (χ2v) is 5.28. The zero-order chi connectivity index (χ0) is 13.5. The molecule has 0 saturated carbocycles. The fourth-order valence-corrected chi connectivity index (χ4v) is 1.91. The molecule has 0 heterocycles. The lowest BCUT2D eigenvalue weighted by molar-refractivity contribution is 0.0950. The van der Waals surface area contributed by atoms with E-state index in [0.29, 0.717) is 18.0 Å². The highest BCUT2D eigenvalue weighted by Crippen LogP contribution is 2.21. The average Bonchev–Trinajstić information content (AvgIpc) is 2.27. The molecule has 0 aliphatic carbocycles. The number of nitrogens with two attached hydrogens (primary N) is 1. The molecule has 0 saturated heterocycles. The molecule has 0 aromatic heterocycles. The Kier molecular flexibility index (Phi) is 6.07. The second-order valence-electron chi connectivity index (χ2n) is 3.84. The summed E-state index contributed by atoms with van der Waals surface area (Å²) in [5.74, 6) is -0.319. The molecule has 1 aromatic rings. The number of unbranched alkanes of at least 4 members (excludes halogenated alkanes) is 1. The second kappa shape index (κ2) is 7.33. The van der Waals surface area contributed by atoms with Crippen LogP contribution in [0.1, 0.15) is 29.6 Å². The Labute approximate surface area is 120 Å². The highest BCUT2D eigenvalue weighted by Gasteiger charge is 2.10. The first-order valence-corrected chi connectivity index (χ1v) is 6.76. The zero-order valence-corrected chi connectivity index (χ0v) is 12.2. The van der Waals surface area contributed by atoms with Crippen LogP contribution in [0.15, 0.2) is 22.7 Å². The lowest BCUT2D eigenvalue weighted by atomic mass is 10.2. The Hall–Kier alpha value is -1.14. The van der Waals surface area contributed by atoms with Crippen LogP contribution in [0.25, 0.3) is 0 Å². The standard InChI is InChI=1S/C12H15BrN2O2S/c13-8-4-5-9(10(16)7-8)12(17)15-6-2-1-3-11(14)18/h4-5,7,16H,1-3,6H2,(H2,14,18)(H,15,17). The molecule has 0 radical (unpaired) electrons. The monoisotopic (exact) mass is 330 g/mol. The number of aromatic hydroxyl groups is 1. The summed E-state index contributed by atoms with van der Waals surface area (Å²) in [7, 11) is 0. The Morgan fingerprint density at radius 2 is 2.17 bits per heavy atom. The molecular formula is C12H15BrN2O2S. The third-order valence-electron chi connectivity index (χ3n) is 2.34. The van der Waals surface area contributed by atoms with E-state index in [1.54, 1.807) is 12.1 Å². The van der Waals surface area contributed by atoms with Gasteiger partial charge in [-0.3, -0.25) is 4.79 Å². The summed E-state index contributed by atoms with van der Waals surface area (Å²) < 4.78 is 0.730. The van der Waals surface area contributed by atoms with E-state index in [1.165, 1.54) is 6.07 Å². The number of hydrogen-bond donors (Lipinski definition) is 3. The van der Waals surface area contributed by atoms with E-state index in [-0.39, 0.29) is 17.2 Å². The van der Waals surface area contributed by atoms with Crippen LogP contribution in [0.4, 0.5) is 0 Å². The molecule has 1 amide bonds. The minimum atomic E-state index is -0.282. The third-order valence-corrected chi connectivity index (χ3v) is 3.04. The number of thiocarbonyl (C=S) groups is 1. The van der Waals surface area contributed by atoms with E-state index in [0.717, 1.165) is 17.3 Å². The van der Waals surface area contributed by atoms with Crippen molar-refractivity contribution < 1.29 is 9.90 Å². The van der Waals surface area contributed by atoms with Crippen LogP contribution >= 0.6 is 28.1 Å². The van der Waals surface area contributed by atoms with Crippen molar-refractivity contribution in [3.05, 3.63) is 28.2 Å². The van der Waals surface area contributed by atoms with Gasteiger partial charge in [0, 0.05) is 11.0 Å². The van der Waals surface area contributed by atoms with Gasteiger partial charge in [-0.25, -0.2) is 0 Å². The molecule has 0 bridgehead atoms. The van der Waals surface area contributed by atoms with Crippen LogP contribution in [-0.4, -0.2) is 22.5 Å². The molecule has 0 aliphatic heterocycles. The van der Waals surface area contributed by atoms with Gasteiger partial charge in [-0.1, -0.05) is 28.1 Å². The zero-order valence-electron chi connectivity index (χ0n) is 9.78. The van der Waals surface area contributed by atoms with Gasteiger partial charge in [0.2, 0.25) is 0 Å². The molecule has 18 heavy (non-hydrogen) atoms. The maximum atomic E-state index is 11.7. The number of carbonyl (C=O) groups is 1. The van der Waals surface area contributed by atoms with Crippen molar-refractivity contribution in [2.24, 2.45) is 5.73 Å². The molecule has 0 fully saturated rings. The smallest absolute Gasteiger partial charge is 0.255 e. The molecule has 0 unspecified atom stereocenters. The maximum absolute atomic E-state index is 11.7. The number of phenolic OH excluding ortho intramolecular Hbond substituents is 1. The topological polar surface area (TPSA) is 75.3 Å². The first-order chi connectivity index (χ1) is 8.50. The van der Waals surface area contributed by atoms with Crippen molar-refractivity contribution in [2.45, 2.75) is 19.3 Å². The number of amides is 1. The van der Waals surface area contributed by atoms with E-state index < -0.39 is 0 Å². The fourth-order valence-electron chi connectivity index (χ4n) is 1.42. The number of rotatable bonds is 6. The average molecular weight is 331 g/mol. The highest BCUT2D eigenvalue weighted by atomic mass is 79.9. The summed E-state index contributed by atoms with van der Waals surface area (Å²) >= 11 is 7.97. The van der Waals surface area contributed by atoms with Crippen molar-refractivity contribution in [2.75, 3.05) is 6.54 Å². The summed E-state index contributed by atoms with van der Waals surface area (Å²) in [6.45, 7) is 0.539. The van der Waals surface area contributed by atoms with Crippen LogP contribution in [0.5, 0.6) is 5.75 Å². The Bertz CT molecular complexity index is 452. The van der Waals surface area contributed by atoms with Gasteiger partial charge in [0.1, 0.15) is 5.75 Å². The lowest BCUT2D eigenvalue weighted by Gasteiger charge is -2.07. The summed E-state index contributed by atoms with van der Waals surface area (Å²) in [5.41, 5.74) is 5.64. The molecule has 98 valence electrons. The maximum Gasteiger partial charge on any atom is 0.255 e. The largest absolute Gasteiger partial charge is 0.507 e. The molecule has 6 heteroatoms. The van der Waals surface area contributed by atoms with E-state index >= 15 is 0 Å². The van der Waals surface area contributed by atoms with E-state index in [4.69, 9.17) is 18.0 Å². The van der Waals surface area contributed by atoms with E-state index in [2.05, 4.69) is 21.2 Å². The lowest BCUT2D eigenvalue weighted by Crippen LogP contribution is -2.24. The van der Waals surface area contributed by atoms with Gasteiger partial charge in [0.15, 0.2) is 0 Å².